The normalized spacial score (nSPS) is 11.1. The average Bonchev–Trinajstić information content (AvgIpc) is 2.56. The van der Waals surface area contributed by atoms with Gasteiger partial charge in [-0.25, -0.2) is 0 Å². The van der Waals surface area contributed by atoms with Gasteiger partial charge in [-0.2, -0.15) is 0 Å². The van der Waals surface area contributed by atoms with Crippen LogP contribution in [0.5, 0.6) is 0 Å². The molecule has 0 fully saturated rings. The summed E-state index contributed by atoms with van der Waals surface area (Å²) in [5.41, 5.74) is 1.19. The van der Waals surface area contributed by atoms with Crippen LogP contribution in [0.3, 0.4) is 0 Å². The number of fused-ring (bicyclic) bond motifs is 3. The lowest BCUT2D eigenvalue weighted by Gasteiger charge is -1.95. The van der Waals surface area contributed by atoms with Gasteiger partial charge in [-0.05, 0) is 29.0 Å². The summed E-state index contributed by atoms with van der Waals surface area (Å²) in [5, 5.41) is 2.51. The third-order valence-corrected chi connectivity index (χ3v) is 2.34. The smallest absolute Gasteiger partial charge is 0.134 e. The molecule has 62 valence electrons. The molecule has 0 atom stereocenters. The van der Waals surface area contributed by atoms with Crippen molar-refractivity contribution in [3.63, 3.8) is 0 Å². The summed E-state index contributed by atoms with van der Waals surface area (Å²) < 4.78 is 5.40. The summed E-state index contributed by atoms with van der Waals surface area (Å²) in [6.45, 7) is 0. The fraction of sp³-hybridized carbons (Fsp3) is 0. The molecular formula is C12H8O. The second-order valence-corrected chi connectivity index (χ2v) is 3.12. The molecule has 1 aliphatic carbocycles. The largest absolute Gasteiger partial charge is 0.464 e. The minimum atomic E-state index is 0.962. The molecule has 1 aliphatic heterocycles. The fourth-order valence-electron chi connectivity index (χ4n) is 1.74. The molecule has 1 aromatic rings. The molecule has 1 nitrogen and oxygen atoms in total. The van der Waals surface area contributed by atoms with Crippen LogP contribution in [-0.4, -0.2) is 0 Å². The van der Waals surface area contributed by atoms with Crippen molar-refractivity contribution in [1.29, 1.82) is 0 Å². The predicted octanol–water partition coefficient (Wildman–Crippen LogP) is 3.54. The molecule has 0 unspecified atom stereocenters. The summed E-state index contributed by atoms with van der Waals surface area (Å²) in [4.78, 5) is 0. The van der Waals surface area contributed by atoms with Crippen LogP contribution < -0.4 is 0 Å². The zero-order chi connectivity index (χ0) is 8.67. The Kier molecular flexibility index (Phi) is 1.22. The van der Waals surface area contributed by atoms with Gasteiger partial charge in [0.2, 0.25) is 0 Å². The van der Waals surface area contributed by atoms with Gasteiger partial charge in [0.1, 0.15) is 5.76 Å². The quantitative estimate of drug-likeness (QED) is 0.500. The minimum Gasteiger partial charge on any atom is -0.464 e. The first kappa shape index (κ1) is 6.72. The molecule has 0 N–H and O–H groups in total. The van der Waals surface area contributed by atoms with Crippen molar-refractivity contribution in [2.45, 2.75) is 0 Å². The fourth-order valence-corrected chi connectivity index (χ4v) is 1.74. The molecule has 0 aromatic heterocycles. The zero-order valence-corrected chi connectivity index (χ0v) is 7.03. The molecular weight excluding hydrogens is 160 g/mol. The van der Waals surface area contributed by atoms with Gasteiger partial charge < -0.3 is 4.42 Å². The average molecular weight is 168 g/mol. The van der Waals surface area contributed by atoms with Crippen LogP contribution in [0.25, 0.3) is 22.1 Å². The summed E-state index contributed by atoms with van der Waals surface area (Å²) >= 11 is 0. The second-order valence-electron chi connectivity index (χ2n) is 3.12. The first-order chi connectivity index (χ1) is 6.45. The van der Waals surface area contributed by atoms with Crippen molar-refractivity contribution in [3.8, 4) is 11.3 Å². The van der Waals surface area contributed by atoms with Crippen molar-refractivity contribution in [3.05, 3.63) is 48.7 Å². The van der Waals surface area contributed by atoms with Crippen LogP contribution in [0.1, 0.15) is 0 Å². The van der Waals surface area contributed by atoms with E-state index in [0.29, 0.717) is 0 Å². The highest BCUT2D eigenvalue weighted by molar-refractivity contribution is 6.00. The van der Waals surface area contributed by atoms with Crippen LogP contribution in [0.2, 0.25) is 0 Å². The van der Waals surface area contributed by atoms with Gasteiger partial charge in [-0.3, -0.25) is 0 Å². The van der Waals surface area contributed by atoms with Gasteiger partial charge in [0, 0.05) is 5.56 Å². The van der Waals surface area contributed by atoms with E-state index in [0.717, 1.165) is 5.76 Å². The monoisotopic (exact) mass is 168 g/mol. The molecule has 0 saturated heterocycles. The lowest BCUT2D eigenvalue weighted by Crippen LogP contribution is -1.70. The van der Waals surface area contributed by atoms with E-state index in [1.165, 1.54) is 16.3 Å². The molecule has 13 heavy (non-hydrogen) atoms. The lowest BCUT2D eigenvalue weighted by molar-refractivity contribution is 0.567. The Labute approximate surface area is 75.9 Å². The van der Waals surface area contributed by atoms with Crippen LogP contribution in [-0.2, 0) is 0 Å². The Morgan fingerprint density at radius 2 is 1.85 bits per heavy atom. The summed E-state index contributed by atoms with van der Waals surface area (Å²) in [6.07, 6.45) is 1.71. The molecule has 1 heteroatoms. The molecule has 0 radical (unpaired) electrons. The van der Waals surface area contributed by atoms with E-state index in [4.69, 9.17) is 4.42 Å². The standard InChI is InChI=1S/C12H8O/c1-2-5-10-9(4-1)8-12-11(10)6-3-7-13-12/h1-8H. The molecule has 0 saturated carbocycles. The lowest BCUT2D eigenvalue weighted by atomic mass is 10.1. The van der Waals surface area contributed by atoms with Crippen LogP contribution in [0.4, 0.5) is 0 Å². The number of hydrogen-bond acceptors (Lipinski definition) is 1. The van der Waals surface area contributed by atoms with Crippen molar-refractivity contribution in [1.82, 2.24) is 0 Å². The maximum Gasteiger partial charge on any atom is 0.134 e. The van der Waals surface area contributed by atoms with Crippen molar-refractivity contribution in [2.75, 3.05) is 0 Å². The van der Waals surface area contributed by atoms with E-state index in [2.05, 4.69) is 30.3 Å². The second kappa shape index (κ2) is 2.36. The van der Waals surface area contributed by atoms with Gasteiger partial charge >= 0.3 is 0 Å². The highest BCUT2D eigenvalue weighted by atomic mass is 16.3. The highest BCUT2D eigenvalue weighted by Crippen LogP contribution is 2.33. The van der Waals surface area contributed by atoms with Gasteiger partial charge in [-0.15, -0.1) is 0 Å². The maximum absolute atomic E-state index is 5.40. The highest BCUT2D eigenvalue weighted by Gasteiger charge is 2.09. The van der Waals surface area contributed by atoms with Crippen LogP contribution in [0.15, 0.2) is 53.1 Å². The van der Waals surface area contributed by atoms with Crippen molar-refractivity contribution in [2.24, 2.45) is 0 Å². The van der Waals surface area contributed by atoms with Crippen molar-refractivity contribution >= 4 is 10.8 Å². The van der Waals surface area contributed by atoms with E-state index in [1.807, 2.05) is 12.1 Å². The summed E-state index contributed by atoms with van der Waals surface area (Å²) in [7, 11) is 0. The first-order valence-corrected chi connectivity index (χ1v) is 4.30. The Morgan fingerprint density at radius 1 is 0.923 bits per heavy atom. The Hall–Kier alpha value is -1.76. The van der Waals surface area contributed by atoms with Gasteiger partial charge in [-0.1, -0.05) is 24.3 Å². The third-order valence-electron chi connectivity index (χ3n) is 2.34. The van der Waals surface area contributed by atoms with E-state index in [9.17, 15) is 0 Å². The van der Waals surface area contributed by atoms with Gasteiger partial charge in [0.15, 0.2) is 0 Å². The third kappa shape index (κ3) is 0.872. The predicted molar refractivity (Wildman–Crippen MR) is 52.8 cm³/mol. The molecule has 0 amide bonds. The van der Waals surface area contributed by atoms with Gasteiger partial charge in [0.05, 0.1) is 6.26 Å². The van der Waals surface area contributed by atoms with E-state index in [-0.39, 0.29) is 0 Å². The van der Waals surface area contributed by atoms with E-state index >= 15 is 0 Å². The summed E-state index contributed by atoms with van der Waals surface area (Å²) in [5.74, 6) is 0.962. The van der Waals surface area contributed by atoms with Crippen molar-refractivity contribution < 1.29 is 4.42 Å². The van der Waals surface area contributed by atoms with E-state index in [1.54, 1.807) is 6.26 Å². The minimum absolute atomic E-state index is 0.962. The summed E-state index contributed by atoms with van der Waals surface area (Å²) in [6, 6.07) is 14.4. The topological polar surface area (TPSA) is 13.1 Å². The Morgan fingerprint density at radius 3 is 2.85 bits per heavy atom. The Bertz CT molecular complexity index is 522. The number of hydrogen-bond donors (Lipinski definition) is 0. The Balaban J connectivity index is 2.56. The SMILES string of the molecule is c1coc2cc3ccccc3c-2c1. The molecule has 0 bridgehead atoms. The molecule has 2 aliphatic rings. The molecule has 3 rings (SSSR count). The number of rotatable bonds is 0. The first-order valence-electron chi connectivity index (χ1n) is 4.30. The number of benzene rings is 1. The molecule has 1 aromatic carbocycles. The molecule has 0 spiro atoms. The van der Waals surface area contributed by atoms with Crippen LogP contribution in [0, 0.1) is 0 Å². The van der Waals surface area contributed by atoms with Gasteiger partial charge in [0.25, 0.3) is 0 Å². The van der Waals surface area contributed by atoms with Crippen LogP contribution >= 0.6 is 0 Å². The zero-order valence-electron chi connectivity index (χ0n) is 7.03. The van der Waals surface area contributed by atoms with E-state index < -0.39 is 0 Å². The maximum atomic E-state index is 5.40. The molecule has 1 heterocycles.